The van der Waals surface area contributed by atoms with Gasteiger partial charge in [-0.1, -0.05) is 35.1 Å². The number of halogens is 2. The van der Waals surface area contributed by atoms with Crippen LogP contribution < -0.4 is 24.4 Å². The highest BCUT2D eigenvalue weighted by Crippen LogP contribution is 2.34. The molecule has 176 valence electrons. The molecular formula is C24H20BrClN2O5S. The van der Waals surface area contributed by atoms with Gasteiger partial charge in [0.1, 0.15) is 11.5 Å². The lowest BCUT2D eigenvalue weighted by Gasteiger charge is -2.24. The van der Waals surface area contributed by atoms with Gasteiger partial charge in [0, 0.05) is 16.7 Å². The molecule has 3 aromatic rings. The van der Waals surface area contributed by atoms with Gasteiger partial charge in [-0.25, -0.2) is 9.79 Å². The predicted molar refractivity (Wildman–Crippen MR) is 134 cm³/mol. The molecule has 34 heavy (non-hydrogen) atoms. The van der Waals surface area contributed by atoms with Crippen LogP contribution in [0, 0.1) is 0 Å². The fourth-order valence-electron chi connectivity index (χ4n) is 3.79. The Bertz CT molecular complexity index is 1490. The molecule has 0 unspecified atom stereocenters. The molecule has 7 nitrogen and oxygen atoms in total. The molecule has 1 aliphatic rings. The third-order valence-corrected chi connectivity index (χ3v) is 7.26. The smallest absolute Gasteiger partial charge is 0.338 e. The molecule has 0 N–H and O–H groups in total. The molecule has 10 heteroatoms. The zero-order valence-corrected chi connectivity index (χ0v) is 21.9. The van der Waals surface area contributed by atoms with E-state index in [1.54, 1.807) is 57.6 Å². The summed E-state index contributed by atoms with van der Waals surface area (Å²) in [6.07, 6.45) is 1.74. The Labute approximate surface area is 212 Å². The third kappa shape index (κ3) is 4.31. The summed E-state index contributed by atoms with van der Waals surface area (Å²) in [6, 6.07) is 9.87. The van der Waals surface area contributed by atoms with Gasteiger partial charge < -0.3 is 14.2 Å². The number of methoxy groups -OCH3 is 3. The second-order valence-electron chi connectivity index (χ2n) is 7.35. The number of esters is 1. The number of fused-ring (bicyclic) bond motifs is 1. The summed E-state index contributed by atoms with van der Waals surface area (Å²) < 4.78 is 18.5. The number of aromatic nitrogens is 1. The normalized spacial score (nSPS) is 15.6. The van der Waals surface area contributed by atoms with E-state index in [0.717, 1.165) is 10.0 Å². The van der Waals surface area contributed by atoms with Gasteiger partial charge >= 0.3 is 5.97 Å². The topological polar surface area (TPSA) is 79.1 Å². The van der Waals surface area contributed by atoms with Crippen molar-refractivity contribution in [3.05, 3.63) is 88.0 Å². The number of nitrogens with zero attached hydrogens (tertiary/aromatic N) is 2. The Kier molecular flexibility index (Phi) is 6.97. The fraction of sp³-hybridized carbons (Fsp3) is 0.208. The van der Waals surface area contributed by atoms with Crippen molar-refractivity contribution < 1.29 is 19.0 Å². The largest absolute Gasteiger partial charge is 0.496 e. The van der Waals surface area contributed by atoms with Crippen molar-refractivity contribution in [2.24, 2.45) is 4.99 Å². The molecule has 1 aliphatic heterocycles. The number of hydrogen-bond acceptors (Lipinski definition) is 7. The summed E-state index contributed by atoms with van der Waals surface area (Å²) in [5.41, 5.74) is 1.91. The first-order valence-electron chi connectivity index (χ1n) is 10.1. The second kappa shape index (κ2) is 9.77. The Balaban J connectivity index is 1.97. The summed E-state index contributed by atoms with van der Waals surface area (Å²) in [5, 5.41) is 0.550. The van der Waals surface area contributed by atoms with E-state index in [9.17, 15) is 9.59 Å². The first kappa shape index (κ1) is 24.3. The van der Waals surface area contributed by atoms with Crippen LogP contribution in [-0.4, -0.2) is 31.9 Å². The molecule has 1 aromatic heterocycles. The van der Waals surface area contributed by atoms with Gasteiger partial charge in [-0.05, 0) is 52.7 Å². The Morgan fingerprint density at radius 3 is 2.44 bits per heavy atom. The molecule has 0 fully saturated rings. The van der Waals surface area contributed by atoms with E-state index < -0.39 is 12.0 Å². The molecule has 1 atom stereocenters. The highest BCUT2D eigenvalue weighted by atomic mass is 79.9. The van der Waals surface area contributed by atoms with E-state index in [-0.39, 0.29) is 5.56 Å². The zero-order chi connectivity index (χ0) is 24.6. The van der Waals surface area contributed by atoms with E-state index in [2.05, 4.69) is 20.9 Å². The van der Waals surface area contributed by atoms with Crippen molar-refractivity contribution in [1.82, 2.24) is 4.57 Å². The SMILES string of the molecule is COC(=O)C1=C(C)N=c2s/c(=C\c3cc(Br)c(OC)cc3OC)c(=O)n2[C@H]1c1ccc(Cl)cc1. The van der Waals surface area contributed by atoms with Gasteiger partial charge in [-0.3, -0.25) is 9.36 Å². The molecule has 0 saturated carbocycles. The molecule has 4 rings (SSSR count). The van der Waals surface area contributed by atoms with Crippen molar-refractivity contribution in [3.8, 4) is 11.5 Å². The van der Waals surface area contributed by atoms with Crippen LogP contribution in [0.5, 0.6) is 11.5 Å². The van der Waals surface area contributed by atoms with Crippen LogP contribution in [0.1, 0.15) is 24.1 Å². The van der Waals surface area contributed by atoms with E-state index in [1.807, 2.05) is 6.07 Å². The minimum absolute atomic E-state index is 0.286. The number of allylic oxidation sites excluding steroid dienone is 1. The van der Waals surface area contributed by atoms with E-state index in [0.29, 0.717) is 42.7 Å². The van der Waals surface area contributed by atoms with Gasteiger partial charge in [0.05, 0.1) is 47.6 Å². The number of carbonyl (C=O) groups is 1. The standard InChI is InChI=1S/C24H20BrClN2O5S/c1-12-20(23(30)33-4)21(13-5-7-15(26)8-6-13)28-22(29)19(34-24(28)27-12)10-14-9-16(25)18(32-3)11-17(14)31-2/h5-11,21H,1-4H3/b19-10-/t21-/m0/s1. The van der Waals surface area contributed by atoms with Crippen molar-refractivity contribution in [3.63, 3.8) is 0 Å². The number of carbonyl (C=O) groups excluding carboxylic acids is 1. The molecular weight excluding hydrogens is 544 g/mol. The Morgan fingerprint density at radius 1 is 1.15 bits per heavy atom. The predicted octanol–water partition coefficient (Wildman–Crippen LogP) is 3.84. The monoisotopic (exact) mass is 562 g/mol. The van der Waals surface area contributed by atoms with Crippen molar-refractivity contribution >= 4 is 50.9 Å². The van der Waals surface area contributed by atoms with Crippen LogP contribution in [0.25, 0.3) is 6.08 Å². The third-order valence-electron chi connectivity index (χ3n) is 5.40. The highest BCUT2D eigenvalue weighted by molar-refractivity contribution is 9.10. The van der Waals surface area contributed by atoms with Crippen LogP contribution in [0.3, 0.4) is 0 Å². The maximum atomic E-state index is 13.6. The number of hydrogen-bond donors (Lipinski definition) is 0. The van der Waals surface area contributed by atoms with E-state index >= 15 is 0 Å². The fourth-order valence-corrected chi connectivity index (χ4v) is 5.48. The maximum Gasteiger partial charge on any atom is 0.338 e. The van der Waals surface area contributed by atoms with Crippen LogP contribution in [0.15, 0.2) is 61.9 Å². The summed E-state index contributed by atoms with van der Waals surface area (Å²) >= 11 is 10.8. The summed E-state index contributed by atoms with van der Waals surface area (Å²) in [4.78, 5) is 31.4. The highest BCUT2D eigenvalue weighted by Gasteiger charge is 2.33. The first-order valence-corrected chi connectivity index (χ1v) is 12.1. The lowest BCUT2D eigenvalue weighted by atomic mass is 9.96. The molecule has 2 heterocycles. The van der Waals surface area contributed by atoms with Crippen molar-refractivity contribution in [1.29, 1.82) is 0 Å². The van der Waals surface area contributed by atoms with Crippen LogP contribution >= 0.6 is 38.9 Å². The molecule has 0 aliphatic carbocycles. The lowest BCUT2D eigenvalue weighted by Crippen LogP contribution is -2.39. The first-order chi connectivity index (χ1) is 16.3. The number of thiazole rings is 1. The zero-order valence-electron chi connectivity index (χ0n) is 18.7. The minimum atomic E-state index is -0.701. The second-order valence-corrected chi connectivity index (χ2v) is 9.65. The van der Waals surface area contributed by atoms with Crippen LogP contribution in [0.2, 0.25) is 5.02 Å². The quantitative estimate of drug-likeness (QED) is 0.441. The van der Waals surface area contributed by atoms with Gasteiger partial charge in [-0.15, -0.1) is 0 Å². The summed E-state index contributed by atoms with van der Waals surface area (Å²) in [5.74, 6) is 0.611. The van der Waals surface area contributed by atoms with E-state index in [1.165, 1.54) is 23.0 Å². The Hall–Kier alpha value is -2.88. The van der Waals surface area contributed by atoms with Crippen LogP contribution in [0.4, 0.5) is 0 Å². The minimum Gasteiger partial charge on any atom is -0.496 e. The number of rotatable bonds is 5. The van der Waals surface area contributed by atoms with Gasteiger partial charge in [0.25, 0.3) is 5.56 Å². The molecule has 0 spiro atoms. The van der Waals surface area contributed by atoms with Gasteiger partial charge in [0.2, 0.25) is 0 Å². The maximum absolute atomic E-state index is 13.6. The molecule has 0 amide bonds. The lowest BCUT2D eigenvalue weighted by molar-refractivity contribution is -0.136. The number of ether oxygens (including phenoxy) is 3. The van der Waals surface area contributed by atoms with Crippen LogP contribution in [-0.2, 0) is 9.53 Å². The molecule has 0 radical (unpaired) electrons. The van der Waals surface area contributed by atoms with Crippen molar-refractivity contribution in [2.45, 2.75) is 13.0 Å². The average Bonchev–Trinajstić information content (AvgIpc) is 3.13. The average molecular weight is 564 g/mol. The van der Waals surface area contributed by atoms with Crippen molar-refractivity contribution in [2.75, 3.05) is 21.3 Å². The number of benzene rings is 2. The Morgan fingerprint density at radius 2 is 1.82 bits per heavy atom. The molecule has 0 saturated heterocycles. The van der Waals surface area contributed by atoms with Gasteiger partial charge in [-0.2, -0.15) is 0 Å². The molecule has 0 bridgehead atoms. The summed E-state index contributed by atoms with van der Waals surface area (Å²) in [7, 11) is 4.42. The van der Waals surface area contributed by atoms with Gasteiger partial charge in [0.15, 0.2) is 4.80 Å². The van der Waals surface area contributed by atoms with E-state index in [4.69, 9.17) is 25.8 Å². The molecule has 2 aromatic carbocycles. The summed E-state index contributed by atoms with van der Waals surface area (Å²) in [6.45, 7) is 1.73.